The topological polar surface area (TPSA) is 157 Å². The van der Waals surface area contributed by atoms with Crippen molar-refractivity contribution >= 4 is 43.6 Å². The number of aromatic amines is 4. The van der Waals surface area contributed by atoms with E-state index in [1.54, 1.807) is 48.5 Å². The van der Waals surface area contributed by atoms with Crippen LogP contribution in [0.15, 0.2) is 116 Å². The lowest BCUT2D eigenvalue weighted by Crippen LogP contribution is -2.08. The van der Waals surface area contributed by atoms with Gasteiger partial charge in [0.05, 0.1) is 11.6 Å². The highest BCUT2D eigenvalue weighted by Gasteiger charge is 2.28. The van der Waals surface area contributed by atoms with Crippen molar-refractivity contribution in [3.63, 3.8) is 0 Å². The number of aromatic hydroxyl groups is 4. The molecule has 0 spiro atoms. The minimum Gasteiger partial charge on any atom is -0.508 e. The van der Waals surface area contributed by atoms with Gasteiger partial charge < -0.3 is 40.4 Å². The summed E-state index contributed by atoms with van der Waals surface area (Å²) in [7, 11) is 0. The van der Waals surface area contributed by atoms with Crippen molar-refractivity contribution in [2.24, 2.45) is 0 Å². The molecule has 5 heterocycles. The Balaban J connectivity index is 1.24. The van der Waals surface area contributed by atoms with Gasteiger partial charge in [-0.15, -0.1) is 0 Å². The molecule has 0 amide bonds. The maximum absolute atomic E-state index is 10.4. The van der Waals surface area contributed by atoms with E-state index in [0.717, 1.165) is 77.1 Å². The van der Waals surface area contributed by atoms with Crippen LogP contribution in [-0.2, 0) is 0 Å². The Morgan fingerprint density at radius 3 is 1.10 bits per heavy atom. The third-order valence-electron chi connectivity index (χ3n) is 9.47. The summed E-state index contributed by atoms with van der Waals surface area (Å²) in [5, 5.41) is 45.2. The molecule has 9 rings (SSSR count). The fraction of sp³-hybridized carbons (Fsp3) is 0.0513. The van der Waals surface area contributed by atoms with Gasteiger partial charge in [-0.05, 0) is 107 Å². The first-order valence-corrected chi connectivity index (χ1v) is 15.6. The number of fused-ring (bicyclic) bond motifs is 4. The monoisotopic (exact) mass is 631 g/mol. The first-order chi connectivity index (χ1) is 23.4. The van der Waals surface area contributed by atoms with E-state index in [1.165, 1.54) is 0 Å². The van der Waals surface area contributed by atoms with E-state index >= 15 is 0 Å². The fourth-order valence-corrected chi connectivity index (χ4v) is 7.25. The third-order valence-corrected chi connectivity index (χ3v) is 9.47. The summed E-state index contributed by atoms with van der Waals surface area (Å²) in [4.78, 5) is 18.5. The Labute approximate surface area is 272 Å². The van der Waals surface area contributed by atoms with E-state index in [0.29, 0.717) is 0 Å². The normalized spacial score (nSPS) is 12.0. The lowest BCUT2D eigenvalue weighted by molar-refractivity contribution is 0.475. The number of nitrogens with zero attached hydrogens (tertiary/aromatic N) is 1. The van der Waals surface area contributed by atoms with Crippen LogP contribution in [0.4, 0.5) is 0 Å². The van der Waals surface area contributed by atoms with Crippen LogP contribution in [0.5, 0.6) is 23.0 Å². The molecule has 9 aromatic rings. The zero-order chi connectivity index (χ0) is 32.5. The van der Waals surface area contributed by atoms with E-state index < -0.39 is 0 Å². The van der Waals surface area contributed by atoms with Crippen LogP contribution in [0.2, 0.25) is 0 Å². The molecule has 9 heteroatoms. The quantitative estimate of drug-likeness (QED) is 0.0928. The highest BCUT2D eigenvalue weighted by molar-refractivity contribution is 5.92. The van der Waals surface area contributed by atoms with Gasteiger partial charge in [0.25, 0.3) is 0 Å². The van der Waals surface area contributed by atoms with Gasteiger partial charge in [0.2, 0.25) is 0 Å². The minimum absolute atomic E-state index is 0.166. The summed E-state index contributed by atoms with van der Waals surface area (Å²) in [6, 6.07) is 25.2. The summed E-state index contributed by atoms with van der Waals surface area (Å²) in [6.07, 6.45) is 9.71. The van der Waals surface area contributed by atoms with Crippen molar-refractivity contribution in [1.29, 1.82) is 0 Å². The number of rotatable bonds is 6. The zero-order valence-corrected chi connectivity index (χ0v) is 25.4. The number of benzene rings is 4. The minimum atomic E-state index is -0.348. The van der Waals surface area contributed by atoms with Crippen LogP contribution in [0.25, 0.3) is 43.6 Å². The number of H-pyrrole nitrogens is 4. The molecule has 5 aromatic heterocycles. The number of phenolic OH excluding ortho intramolecular Hbond substituents is 4. The van der Waals surface area contributed by atoms with Gasteiger partial charge in [-0.25, -0.2) is 0 Å². The Morgan fingerprint density at radius 2 is 0.771 bits per heavy atom. The van der Waals surface area contributed by atoms with Gasteiger partial charge in [0.15, 0.2) is 0 Å². The Hall–Kier alpha value is -6.61. The van der Waals surface area contributed by atoms with Crippen molar-refractivity contribution in [2.45, 2.75) is 11.8 Å². The highest BCUT2D eigenvalue weighted by Crippen LogP contribution is 2.43. The van der Waals surface area contributed by atoms with Crippen molar-refractivity contribution in [3.05, 3.63) is 149 Å². The summed E-state index contributed by atoms with van der Waals surface area (Å²) in [5.74, 6) is 0.0255. The van der Waals surface area contributed by atoms with Gasteiger partial charge in [-0.2, -0.15) is 0 Å². The van der Waals surface area contributed by atoms with Crippen LogP contribution < -0.4 is 0 Å². The Bertz CT molecular complexity index is 2300. The number of aromatic nitrogens is 5. The molecule has 4 aromatic carbocycles. The van der Waals surface area contributed by atoms with Gasteiger partial charge in [-0.3, -0.25) is 4.98 Å². The number of hydrogen-bond donors (Lipinski definition) is 8. The van der Waals surface area contributed by atoms with Crippen molar-refractivity contribution in [2.75, 3.05) is 0 Å². The van der Waals surface area contributed by atoms with Gasteiger partial charge in [0, 0.05) is 80.5 Å². The number of hydrogen-bond acceptors (Lipinski definition) is 5. The molecular weight excluding hydrogens is 602 g/mol. The van der Waals surface area contributed by atoms with Crippen LogP contribution in [0.3, 0.4) is 0 Å². The lowest BCUT2D eigenvalue weighted by Gasteiger charge is -2.20. The van der Waals surface area contributed by atoms with Crippen LogP contribution in [0, 0.1) is 0 Å². The maximum Gasteiger partial charge on any atom is 0.116 e. The molecule has 0 saturated carbocycles. The molecule has 0 radical (unpaired) electrons. The average Bonchev–Trinajstić information content (AvgIpc) is 3.89. The SMILES string of the molecule is Oc1ccc2[nH]cc(C(c3ccc(C(c4c[nH]c5ccc(O)cc45)c4c[nH]c5ccc(O)cc45)nc3)c3c[nH]c4ccc(O)cc34)c2c1. The smallest absolute Gasteiger partial charge is 0.116 e. The largest absolute Gasteiger partial charge is 0.508 e. The fourth-order valence-electron chi connectivity index (χ4n) is 7.25. The maximum atomic E-state index is 10.4. The number of pyridine rings is 1. The van der Waals surface area contributed by atoms with Crippen molar-refractivity contribution < 1.29 is 20.4 Å². The van der Waals surface area contributed by atoms with E-state index in [-0.39, 0.29) is 34.8 Å². The van der Waals surface area contributed by atoms with E-state index in [2.05, 4.69) is 26.0 Å². The highest BCUT2D eigenvalue weighted by atomic mass is 16.3. The zero-order valence-electron chi connectivity index (χ0n) is 25.4. The van der Waals surface area contributed by atoms with Crippen LogP contribution >= 0.6 is 0 Å². The molecule has 0 unspecified atom stereocenters. The molecule has 0 aliphatic rings. The van der Waals surface area contributed by atoms with Crippen LogP contribution in [0.1, 0.15) is 45.3 Å². The average molecular weight is 632 g/mol. The second-order valence-electron chi connectivity index (χ2n) is 12.3. The molecule has 234 valence electrons. The second-order valence-corrected chi connectivity index (χ2v) is 12.3. The van der Waals surface area contributed by atoms with Gasteiger partial charge in [0.1, 0.15) is 23.0 Å². The molecule has 0 atom stereocenters. The Kier molecular flexibility index (Phi) is 6.03. The molecular formula is C39H29N5O4. The first kappa shape index (κ1) is 27.7. The molecule has 8 N–H and O–H groups in total. The van der Waals surface area contributed by atoms with E-state index in [4.69, 9.17) is 4.98 Å². The van der Waals surface area contributed by atoms with E-state index in [1.807, 2.05) is 61.3 Å². The van der Waals surface area contributed by atoms with Gasteiger partial charge >= 0.3 is 0 Å². The summed E-state index contributed by atoms with van der Waals surface area (Å²) >= 11 is 0. The summed E-state index contributed by atoms with van der Waals surface area (Å²) < 4.78 is 0. The summed E-state index contributed by atoms with van der Waals surface area (Å²) in [6.45, 7) is 0. The van der Waals surface area contributed by atoms with Gasteiger partial charge in [-0.1, -0.05) is 6.07 Å². The standard InChI is InChI=1S/C39H29N5O4/c45-21-2-7-33-25(11-21)29(16-41-33)38(30-17-42-34-8-3-22(46)12-26(30)34)20-1-6-37(40-15-20)39(31-18-43-35-9-4-23(47)13-27(31)35)32-19-44-36-10-5-24(48)14-28(32)36/h1-19,38-39,41-48H. The lowest BCUT2D eigenvalue weighted by atomic mass is 9.84. The Morgan fingerprint density at radius 1 is 0.417 bits per heavy atom. The molecule has 0 saturated heterocycles. The molecule has 0 aliphatic heterocycles. The molecule has 0 bridgehead atoms. The van der Waals surface area contributed by atoms with Crippen LogP contribution in [-0.4, -0.2) is 45.3 Å². The number of phenols is 4. The predicted octanol–water partition coefficient (Wildman–Crippen LogP) is 8.19. The molecule has 48 heavy (non-hydrogen) atoms. The van der Waals surface area contributed by atoms with E-state index in [9.17, 15) is 20.4 Å². The van der Waals surface area contributed by atoms with Crippen molar-refractivity contribution in [1.82, 2.24) is 24.9 Å². The summed E-state index contributed by atoms with van der Waals surface area (Å²) in [5.41, 5.74) is 9.02. The second kappa shape index (κ2) is 10.5. The molecule has 9 nitrogen and oxygen atoms in total. The number of nitrogens with one attached hydrogen (secondary N) is 4. The first-order valence-electron chi connectivity index (χ1n) is 15.6. The third kappa shape index (κ3) is 4.36. The predicted molar refractivity (Wildman–Crippen MR) is 186 cm³/mol. The van der Waals surface area contributed by atoms with Crippen molar-refractivity contribution in [3.8, 4) is 23.0 Å². The molecule has 0 fully saturated rings. The molecule has 0 aliphatic carbocycles.